The molecular formula is C16H21N3O2. The maximum absolute atomic E-state index is 12.5. The predicted octanol–water partition coefficient (Wildman–Crippen LogP) is 1.94. The number of nitrogens with zero attached hydrogens (tertiary/aromatic N) is 2. The molecule has 1 fully saturated rings. The van der Waals surface area contributed by atoms with Crippen LogP contribution < -0.4 is 5.32 Å². The molecule has 0 atom stereocenters. The predicted molar refractivity (Wildman–Crippen MR) is 81.5 cm³/mol. The fraction of sp³-hybridized carbons (Fsp3) is 0.438. The molecular weight excluding hydrogens is 266 g/mol. The molecule has 1 aliphatic rings. The van der Waals surface area contributed by atoms with Crippen molar-refractivity contribution in [3.63, 3.8) is 0 Å². The summed E-state index contributed by atoms with van der Waals surface area (Å²) in [6, 6.07) is 9.72. The van der Waals surface area contributed by atoms with Gasteiger partial charge in [0, 0.05) is 7.05 Å². The van der Waals surface area contributed by atoms with Crippen molar-refractivity contribution in [3.05, 3.63) is 35.9 Å². The largest absolute Gasteiger partial charge is 0.295 e. The summed E-state index contributed by atoms with van der Waals surface area (Å²) in [5.74, 6) is -0.100. The van der Waals surface area contributed by atoms with E-state index in [1.54, 1.807) is 7.05 Å². The summed E-state index contributed by atoms with van der Waals surface area (Å²) in [5.41, 5.74) is 0.0727. The van der Waals surface area contributed by atoms with Crippen LogP contribution in [-0.2, 0) is 16.1 Å². The third-order valence-electron chi connectivity index (χ3n) is 4.15. The topological polar surface area (TPSA) is 61.8 Å². The van der Waals surface area contributed by atoms with Crippen LogP contribution in [0.5, 0.6) is 0 Å². The van der Waals surface area contributed by atoms with Crippen LogP contribution >= 0.6 is 0 Å². The van der Waals surface area contributed by atoms with Crippen molar-refractivity contribution < 1.29 is 9.59 Å². The lowest BCUT2D eigenvalue weighted by Gasteiger charge is -2.38. The molecule has 0 saturated carbocycles. The van der Waals surface area contributed by atoms with Gasteiger partial charge in [0.05, 0.1) is 6.54 Å². The molecule has 21 heavy (non-hydrogen) atoms. The Morgan fingerprint density at radius 1 is 1.14 bits per heavy atom. The Hall–Kier alpha value is -2.17. The van der Waals surface area contributed by atoms with Gasteiger partial charge in [0.1, 0.15) is 5.41 Å². The molecule has 1 aliphatic heterocycles. The fourth-order valence-electron chi connectivity index (χ4n) is 2.59. The van der Waals surface area contributed by atoms with E-state index in [0.29, 0.717) is 25.3 Å². The summed E-state index contributed by atoms with van der Waals surface area (Å²) in [4.78, 5) is 30.7. The molecule has 2 rings (SSSR count). The molecule has 1 aromatic carbocycles. The summed E-state index contributed by atoms with van der Waals surface area (Å²) in [6.45, 7) is 4.15. The van der Waals surface area contributed by atoms with Crippen LogP contribution in [0.25, 0.3) is 0 Å². The van der Waals surface area contributed by atoms with Crippen LogP contribution in [0, 0.1) is 5.41 Å². The van der Waals surface area contributed by atoms with Gasteiger partial charge in [-0.1, -0.05) is 44.2 Å². The second-order valence-electron chi connectivity index (χ2n) is 5.23. The first-order chi connectivity index (χ1) is 10.0. The highest BCUT2D eigenvalue weighted by Gasteiger charge is 2.49. The summed E-state index contributed by atoms with van der Waals surface area (Å²) >= 11 is 0. The smallest absolute Gasteiger partial charge is 0.244 e. The monoisotopic (exact) mass is 287 g/mol. The molecule has 1 heterocycles. The van der Waals surface area contributed by atoms with Crippen LogP contribution in [0.4, 0.5) is 0 Å². The summed E-state index contributed by atoms with van der Waals surface area (Å²) in [5, 5.41) is 2.78. The molecule has 1 N–H and O–H groups in total. The minimum Gasteiger partial charge on any atom is -0.295 e. The molecule has 112 valence electrons. The molecule has 0 unspecified atom stereocenters. The Balaban J connectivity index is 2.21. The maximum atomic E-state index is 12.5. The van der Waals surface area contributed by atoms with E-state index in [-0.39, 0.29) is 11.8 Å². The van der Waals surface area contributed by atoms with Gasteiger partial charge in [0.2, 0.25) is 17.8 Å². The van der Waals surface area contributed by atoms with Crippen LogP contribution in [0.2, 0.25) is 0 Å². The van der Waals surface area contributed by atoms with E-state index >= 15 is 0 Å². The first-order valence-electron chi connectivity index (χ1n) is 7.23. The molecule has 0 aliphatic carbocycles. The standard InChI is InChI=1S/C16H21N3O2/c1-4-16(5-2)13(20)18-15(19(3)14(16)21)17-11-12-9-7-6-8-10-12/h6-10H,4-5,11H2,1-3H3,(H,17,18,20). The number of amides is 2. The van der Waals surface area contributed by atoms with E-state index in [2.05, 4.69) is 10.3 Å². The van der Waals surface area contributed by atoms with Gasteiger partial charge in [-0.05, 0) is 18.4 Å². The van der Waals surface area contributed by atoms with Crippen molar-refractivity contribution in [3.8, 4) is 0 Å². The van der Waals surface area contributed by atoms with E-state index in [9.17, 15) is 9.59 Å². The number of aliphatic imine (C=N–C) groups is 1. The third kappa shape index (κ3) is 2.68. The first kappa shape index (κ1) is 15.2. The van der Waals surface area contributed by atoms with E-state index in [1.165, 1.54) is 4.90 Å². The van der Waals surface area contributed by atoms with Gasteiger partial charge >= 0.3 is 0 Å². The minimum atomic E-state index is -0.958. The molecule has 5 nitrogen and oxygen atoms in total. The number of carbonyl (C=O) groups excluding carboxylic acids is 2. The molecule has 0 spiro atoms. The lowest BCUT2D eigenvalue weighted by molar-refractivity contribution is -0.150. The third-order valence-corrected chi connectivity index (χ3v) is 4.15. The highest BCUT2D eigenvalue weighted by Crippen LogP contribution is 2.31. The summed E-state index contributed by atoms with van der Waals surface area (Å²) in [6.07, 6.45) is 0.981. The highest BCUT2D eigenvalue weighted by atomic mass is 16.2. The van der Waals surface area contributed by atoms with Crippen LogP contribution in [-0.4, -0.2) is 29.7 Å². The van der Waals surface area contributed by atoms with Crippen molar-refractivity contribution in [2.45, 2.75) is 33.2 Å². The van der Waals surface area contributed by atoms with Gasteiger partial charge < -0.3 is 0 Å². The first-order valence-corrected chi connectivity index (χ1v) is 7.23. The zero-order chi connectivity index (χ0) is 15.5. The van der Waals surface area contributed by atoms with Crippen LogP contribution in [0.3, 0.4) is 0 Å². The average Bonchev–Trinajstić information content (AvgIpc) is 2.52. The molecule has 1 saturated heterocycles. The summed E-state index contributed by atoms with van der Waals surface area (Å²) < 4.78 is 0. The Morgan fingerprint density at radius 3 is 2.33 bits per heavy atom. The molecule has 1 aromatic rings. The number of hydrogen-bond acceptors (Lipinski definition) is 3. The molecule has 0 bridgehead atoms. The van der Waals surface area contributed by atoms with Gasteiger partial charge in [-0.3, -0.25) is 19.8 Å². The van der Waals surface area contributed by atoms with Crippen molar-refractivity contribution in [2.24, 2.45) is 10.4 Å². The molecule has 5 heteroatoms. The quantitative estimate of drug-likeness (QED) is 0.860. The van der Waals surface area contributed by atoms with Gasteiger partial charge in [0.15, 0.2) is 0 Å². The summed E-state index contributed by atoms with van der Waals surface area (Å²) in [7, 11) is 1.66. The van der Waals surface area contributed by atoms with Gasteiger partial charge in [-0.2, -0.15) is 0 Å². The number of hydrogen-bond donors (Lipinski definition) is 1. The molecule has 0 aromatic heterocycles. The number of guanidine groups is 1. The number of nitrogens with one attached hydrogen (secondary N) is 1. The maximum Gasteiger partial charge on any atom is 0.244 e. The lowest BCUT2D eigenvalue weighted by atomic mass is 9.79. The fourth-order valence-corrected chi connectivity index (χ4v) is 2.59. The SMILES string of the molecule is CCC1(CC)C(=O)NC(=NCc2ccccc2)N(C)C1=O. The van der Waals surface area contributed by atoms with E-state index in [0.717, 1.165) is 5.56 Å². The zero-order valence-electron chi connectivity index (χ0n) is 12.7. The van der Waals surface area contributed by atoms with Gasteiger partial charge in [-0.25, -0.2) is 4.99 Å². The van der Waals surface area contributed by atoms with Gasteiger partial charge in [0.25, 0.3) is 0 Å². The lowest BCUT2D eigenvalue weighted by Crippen LogP contribution is -2.62. The average molecular weight is 287 g/mol. The van der Waals surface area contributed by atoms with E-state index in [1.807, 2.05) is 44.2 Å². The highest BCUT2D eigenvalue weighted by molar-refractivity contribution is 6.20. The number of benzene rings is 1. The molecule has 2 amide bonds. The van der Waals surface area contributed by atoms with E-state index in [4.69, 9.17) is 0 Å². The Bertz CT molecular complexity index is 562. The Morgan fingerprint density at radius 2 is 1.76 bits per heavy atom. The van der Waals surface area contributed by atoms with Crippen molar-refractivity contribution in [1.29, 1.82) is 0 Å². The van der Waals surface area contributed by atoms with Crippen molar-refractivity contribution in [1.82, 2.24) is 10.2 Å². The zero-order valence-corrected chi connectivity index (χ0v) is 12.7. The minimum absolute atomic E-state index is 0.178. The van der Waals surface area contributed by atoms with Crippen LogP contribution in [0.1, 0.15) is 32.3 Å². The molecule has 0 radical (unpaired) electrons. The van der Waals surface area contributed by atoms with Crippen molar-refractivity contribution >= 4 is 17.8 Å². The van der Waals surface area contributed by atoms with E-state index < -0.39 is 5.41 Å². The number of rotatable bonds is 4. The van der Waals surface area contributed by atoms with Gasteiger partial charge in [-0.15, -0.1) is 0 Å². The number of carbonyl (C=O) groups is 2. The normalized spacial score (nSPS) is 19.8. The Kier molecular flexibility index (Phi) is 4.40. The van der Waals surface area contributed by atoms with Crippen molar-refractivity contribution in [2.75, 3.05) is 7.05 Å². The second-order valence-corrected chi connectivity index (χ2v) is 5.23. The van der Waals surface area contributed by atoms with Crippen LogP contribution in [0.15, 0.2) is 35.3 Å². The Labute approximate surface area is 125 Å². The second kappa shape index (κ2) is 6.08.